The van der Waals surface area contributed by atoms with Gasteiger partial charge in [-0.1, -0.05) is 0 Å². The van der Waals surface area contributed by atoms with Gasteiger partial charge in [-0.15, -0.1) is 0 Å². The molecule has 0 unspecified atom stereocenters. The molecule has 0 bridgehead atoms. The first-order valence-corrected chi connectivity index (χ1v) is 6.39. The van der Waals surface area contributed by atoms with Crippen LogP contribution < -0.4 is 5.73 Å². The van der Waals surface area contributed by atoms with Crippen LogP contribution in [0.3, 0.4) is 0 Å². The van der Waals surface area contributed by atoms with Gasteiger partial charge < -0.3 is 15.1 Å². The highest BCUT2D eigenvalue weighted by atomic mass is 16.3. The van der Waals surface area contributed by atoms with Crippen molar-refractivity contribution in [3.63, 3.8) is 0 Å². The zero-order chi connectivity index (χ0) is 13.8. The highest BCUT2D eigenvalue weighted by Crippen LogP contribution is 2.16. The predicted octanol–water partition coefficient (Wildman–Crippen LogP) is 1.33. The second-order valence-corrected chi connectivity index (χ2v) is 4.81. The fourth-order valence-electron chi connectivity index (χ4n) is 2.21. The molecule has 2 rings (SSSR count). The monoisotopic (exact) mass is 262 g/mol. The molecule has 1 saturated heterocycles. The van der Waals surface area contributed by atoms with Crippen molar-refractivity contribution >= 4 is 17.9 Å². The van der Waals surface area contributed by atoms with E-state index in [1.54, 1.807) is 11.0 Å². The molecular formula is C14H18N2O3. The zero-order valence-corrected chi connectivity index (χ0v) is 11.0. The number of amides is 2. The van der Waals surface area contributed by atoms with Gasteiger partial charge in [-0.05, 0) is 38.0 Å². The first kappa shape index (κ1) is 13.4. The third-order valence-corrected chi connectivity index (χ3v) is 3.29. The number of nitrogens with zero attached hydrogens (tertiary/aromatic N) is 1. The molecule has 2 N–H and O–H groups in total. The summed E-state index contributed by atoms with van der Waals surface area (Å²) < 4.78 is 5.35. The van der Waals surface area contributed by atoms with Gasteiger partial charge in [0.2, 0.25) is 11.8 Å². The fourth-order valence-corrected chi connectivity index (χ4v) is 2.21. The highest BCUT2D eigenvalue weighted by molar-refractivity contribution is 5.92. The Morgan fingerprint density at radius 1 is 1.47 bits per heavy atom. The molecule has 0 radical (unpaired) electrons. The van der Waals surface area contributed by atoms with E-state index in [-0.39, 0.29) is 17.7 Å². The fraction of sp³-hybridized carbons (Fsp3) is 0.429. The summed E-state index contributed by atoms with van der Waals surface area (Å²) in [5.74, 6) is 0.785. The summed E-state index contributed by atoms with van der Waals surface area (Å²) in [6, 6.07) is 3.65. The summed E-state index contributed by atoms with van der Waals surface area (Å²) in [6.07, 6.45) is 4.69. The third-order valence-electron chi connectivity index (χ3n) is 3.29. The van der Waals surface area contributed by atoms with Crippen molar-refractivity contribution < 1.29 is 14.0 Å². The molecular weight excluding hydrogens is 244 g/mol. The molecule has 1 atom stereocenters. The number of hydrogen-bond acceptors (Lipinski definition) is 3. The Balaban J connectivity index is 1.96. The van der Waals surface area contributed by atoms with Crippen molar-refractivity contribution in [3.05, 3.63) is 29.7 Å². The Kier molecular flexibility index (Phi) is 4.04. The van der Waals surface area contributed by atoms with Crippen molar-refractivity contribution in [2.75, 3.05) is 13.1 Å². The van der Waals surface area contributed by atoms with Crippen LogP contribution in [0.25, 0.3) is 6.08 Å². The number of likely N-dealkylation sites (tertiary alicyclic amines) is 1. The average molecular weight is 262 g/mol. The molecule has 5 heteroatoms. The molecule has 1 fully saturated rings. The van der Waals surface area contributed by atoms with Crippen LogP contribution in [-0.4, -0.2) is 29.8 Å². The number of piperidine rings is 1. The van der Waals surface area contributed by atoms with Gasteiger partial charge in [0.05, 0.1) is 5.92 Å². The molecule has 1 aromatic heterocycles. The van der Waals surface area contributed by atoms with Crippen LogP contribution in [0.15, 0.2) is 22.6 Å². The Morgan fingerprint density at radius 3 is 2.89 bits per heavy atom. The first-order valence-electron chi connectivity index (χ1n) is 6.39. The minimum Gasteiger partial charge on any atom is -0.462 e. The molecule has 1 aliphatic rings. The van der Waals surface area contributed by atoms with E-state index in [2.05, 4.69) is 0 Å². The van der Waals surface area contributed by atoms with Crippen molar-refractivity contribution in [2.24, 2.45) is 11.7 Å². The van der Waals surface area contributed by atoms with Crippen LogP contribution in [0.1, 0.15) is 24.4 Å². The van der Waals surface area contributed by atoms with E-state index in [0.717, 1.165) is 18.6 Å². The summed E-state index contributed by atoms with van der Waals surface area (Å²) >= 11 is 0. The van der Waals surface area contributed by atoms with Crippen molar-refractivity contribution in [2.45, 2.75) is 19.8 Å². The minimum atomic E-state index is -0.330. The van der Waals surface area contributed by atoms with E-state index >= 15 is 0 Å². The first-order chi connectivity index (χ1) is 9.06. The van der Waals surface area contributed by atoms with Gasteiger partial charge in [-0.3, -0.25) is 9.59 Å². The van der Waals surface area contributed by atoms with Gasteiger partial charge >= 0.3 is 0 Å². The number of aryl methyl sites for hydroxylation is 1. The largest absolute Gasteiger partial charge is 0.462 e. The topological polar surface area (TPSA) is 76.5 Å². The molecule has 2 heterocycles. The maximum absolute atomic E-state index is 12.0. The van der Waals surface area contributed by atoms with Gasteiger partial charge in [0.15, 0.2) is 0 Å². The molecule has 1 aliphatic heterocycles. The second-order valence-electron chi connectivity index (χ2n) is 4.81. The van der Waals surface area contributed by atoms with Gasteiger partial charge in [0.1, 0.15) is 11.5 Å². The summed E-state index contributed by atoms with van der Waals surface area (Å²) in [5, 5.41) is 0. The minimum absolute atomic E-state index is 0.111. The van der Waals surface area contributed by atoms with Gasteiger partial charge in [0.25, 0.3) is 0 Å². The lowest BCUT2D eigenvalue weighted by molar-refractivity contribution is -0.130. The number of hydrogen-bond donors (Lipinski definition) is 1. The molecule has 19 heavy (non-hydrogen) atoms. The molecule has 102 valence electrons. The lowest BCUT2D eigenvalue weighted by Gasteiger charge is -2.30. The van der Waals surface area contributed by atoms with Crippen LogP contribution in [0.5, 0.6) is 0 Å². The number of furan rings is 1. The Morgan fingerprint density at radius 2 is 2.26 bits per heavy atom. The van der Waals surface area contributed by atoms with Gasteiger partial charge in [0, 0.05) is 19.2 Å². The second kappa shape index (κ2) is 5.73. The van der Waals surface area contributed by atoms with Crippen molar-refractivity contribution in [1.29, 1.82) is 0 Å². The Labute approximate surface area is 112 Å². The van der Waals surface area contributed by atoms with Gasteiger partial charge in [-0.25, -0.2) is 0 Å². The van der Waals surface area contributed by atoms with E-state index < -0.39 is 0 Å². The Bertz CT molecular complexity index is 505. The number of carbonyl (C=O) groups excluding carboxylic acids is 2. The van der Waals surface area contributed by atoms with Crippen LogP contribution >= 0.6 is 0 Å². The summed E-state index contributed by atoms with van der Waals surface area (Å²) in [5.41, 5.74) is 5.29. The van der Waals surface area contributed by atoms with Crippen LogP contribution in [-0.2, 0) is 9.59 Å². The van der Waals surface area contributed by atoms with Crippen LogP contribution in [0.4, 0.5) is 0 Å². The molecule has 0 saturated carbocycles. The third kappa shape index (κ3) is 3.47. The number of carbonyl (C=O) groups is 2. The summed E-state index contributed by atoms with van der Waals surface area (Å²) in [4.78, 5) is 24.8. The van der Waals surface area contributed by atoms with Crippen LogP contribution in [0, 0.1) is 12.8 Å². The standard InChI is InChI=1S/C14H18N2O3/c1-10-4-5-12(19-10)6-7-13(17)16-8-2-3-11(9-16)14(15)18/h4-7,11H,2-3,8-9H2,1H3,(H2,15,18)/b7-6+/t11-/m0/s1. The van der Waals surface area contributed by atoms with Crippen molar-refractivity contribution in [1.82, 2.24) is 4.90 Å². The maximum Gasteiger partial charge on any atom is 0.246 e. The quantitative estimate of drug-likeness (QED) is 0.835. The highest BCUT2D eigenvalue weighted by Gasteiger charge is 2.25. The number of rotatable bonds is 3. The van der Waals surface area contributed by atoms with E-state index in [9.17, 15) is 9.59 Å². The molecule has 0 aliphatic carbocycles. The Hall–Kier alpha value is -2.04. The van der Waals surface area contributed by atoms with Crippen LogP contribution in [0.2, 0.25) is 0 Å². The summed E-state index contributed by atoms with van der Waals surface area (Å²) in [7, 11) is 0. The lowest BCUT2D eigenvalue weighted by Crippen LogP contribution is -2.43. The van der Waals surface area contributed by atoms with E-state index in [1.165, 1.54) is 6.08 Å². The zero-order valence-electron chi connectivity index (χ0n) is 11.0. The number of nitrogens with two attached hydrogens (primary N) is 1. The lowest BCUT2D eigenvalue weighted by atomic mass is 9.97. The van der Waals surface area contributed by atoms with Gasteiger partial charge in [-0.2, -0.15) is 0 Å². The summed E-state index contributed by atoms with van der Waals surface area (Å²) in [6.45, 7) is 2.93. The predicted molar refractivity (Wildman–Crippen MR) is 71.0 cm³/mol. The van der Waals surface area contributed by atoms with E-state index in [4.69, 9.17) is 10.2 Å². The van der Waals surface area contributed by atoms with E-state index in [0.29, 0.717) is 18.8 Å². The smallest absolute Gasteiger partial charge is 0.246 e. The SMILES string of the molecule is Cc1ccc(/C=C/C(=O)N2CCC[C@H](C(N)=O)C2)o1. The molecule has 2 amide bonds. The van der Waals surface area contributed by atoms with E-state index in [1.807, 2.05) is 19.1 Å². The average Bonchev–Trinajstić information content (AvgIpc) is 2.82. The normalized spacial score (nSPS) is 19.8. The van der Waals surface area contributed by atoms with Crippen molar-refractivity contribution in [3.8, 4) is 0 Å². The molecule has 0 aromatic carbocycles. The molecule has 5 nitrogen and oxygen atoms in total. The molecule has 0 spiro atoms. The molecule has 1 aromatic rings. The number of primary amides is 1. The maximum atomic E-state index is 12.0.